The lowest BCUT2D eigenvalue weighted by Crippen LogP contribution is -2.26. The summed E-state index contributed by atoms with van der Waals surface area (Å²) in [7, 11) is -0.732. The van der Waals surface area contributed by atoms with E-state index in [0.29, 0.717) is 15.6 Å². The molecule has 0 saturated heterocycles. The van der Waals surface area contributed by atoms with E-state index in [2.05, 4.69) is 5.32 Å². The van der Waals surface area contributed by atoms with Crippen molar-refractivity contribution in [3.8, 4) is 0 Å². The lowest BCUT2D eigenvalue weighted by Gasteiger charge is -2.16. The van der Waals surface area contributed by atoms with Gasteiger partial charge in [-0.15, -0.1) is 0 Å². The van der Waals surface area contributed by atoms with Crippen molar-refractivity contribution in [2.75, 3.05) is 14.1 Å². The molecule has 0 unspecified atom stereocenters. The molecule has 0 fully saturated rings. The van der Waals surface area contributed by atoms with Crippen LogP contribution in [0.5, 0.6) is 0 Å². The Balaban J connectivity index is 2.31. The molecule has 5 nitrogen and oxygen atoms in total. The molecule has 140 valence electrons. The lowest BCUT2D eigenvalue weighted by molar-refractivity contribution is 0.0950. The van der Waals surface area contributed by atoms with Gasteiger partial charge in [-0.1, -0.05) is 29.3 Å². The minimum Gasteiger partial charge on any atom is -0.348 e. The molecule has 2 rings (SSSR count). The van der Waals surface area contributed by atoms with E-state index in [-0.39, 0.29) is 22.9 Å². The van der Waals surface area contributed by atoms with Crippen LogP contribution in [-0.2, 0) is 16.6 Å². The number of halogens is 2. The summed E-state index contributed by atoms with van der Waals surface area (Å²) in [5, 5.41) is 3.72. The zero-order valence-electron chi connectivity index (χ0n) is 14.9. The van der Waals surface area contributed by atoms with Crippen LogP contribution in [0.4, 0.5) is 0 Å². The van der Waals surface area contributed by atoms with E-state index in [1.165, 1.54) is 20.2 Å². The predicted octanol–water partition coefficient (Wildman–Crippen LogP) is 3.79. The maximum atomic E-state index is 12.5. The Morgan fingerprint density at radius 1 is 1.12 bits per heavy atom. The highest BCUT2D eigenvalue weighted by Crippen LogP contribution is 2.24. The molecule has 0 aromatic heterocycles. The number of amides is 1. The topological polar surface area (TPSA) is 66.5 Å². The first-order valence-electron chi connectivity index (χ1n) is 7.80. The predicted molar refractivity (Wildman–Crippen MR) is 104 cm³/mol. The van der Waals surface area contributed by atoms with Crippen molar-refractivity contribution in [3.63, 3.8) is 0 Å². The van der Waals surface area contributed by atoms with Gasteiger partial charge in [-0.2, -0.15) is 0 Å². The number of hydrogen-bond acceptors (Lipinski definition) is 3. The zero-order chi connectivity index (χ0) is 19.6. The fourth-order valence-electron chi connectivity index (χ4n) is 2.37. The van der Waals surface area contributed by atoms with Crippen LogP contribution >= 0.6 is 23.2 Å². The summed E-state index contributed by atoms with van der Waals surface area (Å²) in [6.45, 7) is 3.70. The second-order valence-electron chi connectivity index (χ2n) is 6.12. The standard InChI is InChI=1S/C18H20Cl2N2O3S/c1-11-7-14(8-17(12(11)2)26(24,25)22(3)4)18(23)21-10-13-5-6-15(19)9-16(13)20/h5-9H,10H2,1-4H3,(H,21,23). The van der Waals surface area contributed by atoms with Gasteiger partial charge in [0.2, 0.25) is 10.0 Å². The van der Waals surface area contributed by atoms with Gasteiger partial charge in [0.1, 0.15) is 0 Å². The average Bonchev–Trinajstić information content (AvgIpc) is 2.55. The first-order valence-corrected chi connectivity index (χ1v) is 9.99. The second-order valence-corrected chi connectivity index (χ2v) is 9.09. The van der Waals surface area contributed by atoms with Crippen molar-refractivity contribution in [2.24, 2.45) is 0 Å². The summed E-state index contributed by atoms with van der Waals surface area (Å²) in [6, 6.07) is 8.08. The molecule has 0 aliphatic rings. The molecule has 1 amide bonds. The Hall–Kier alpha value is -1.60. The SMILES string of the molecule is Cc1cc(C(=O)NCc2ccc(Cl)cc2Cl)cc(S(=O)(=O)N(C)C)c1C. The molecular formula is C18H20Cl2N2O3S. The number of nitrogens with one attached hydrogen (secondary N) is 1. The second kappa shape index (κ2) is 7.96. The Bertz CT molecular complexity index is 957. The summed E-state index contributed by atoms with van der Waals surface area (Å²) in [6.07, 6.45) is 0. The van der Waals surface area contributed by atoms with Crippen molar-refractivity contribution >= 4 is 39.1 Å². The van der Waals surface area contributed by atoms with Gasteiger partial charge in [0.05, 0.1) is 4.90 Å². The summed E-state index contributed by atoms with van der Waals surface area (Å²) < 4.78 is 26.1. The van der Waals surface area contributed by atoms with E-state index >= 15 is 0 Å². The van der Waals surface area contributed by atoms with Crippen molar-refractivity contribution in [1.29, 1.82) is 0 Å². The minimum atomic E-state index is -3.65. The fourth-order valence-corrected chi connectivity index (χ4v) is 4.06. The van der Waals surface area contributed by atoms with Gasteiger partial charge in [0.15, 0.2) is 0 Å². The average molecular weight is 415 g/mol. The smallest absolute Gasteiger partial charge is 0.251 e. The molecule has 0 spiro atoms. The van der Waals surface area contributed by atoms with Crippen LogP contribution in [0, 0.1) is 13.8 Å². The first kappa shape index (κ1) is 20.7. The molecule has 0 aliphatic carbocycles. The van der Waals surface area contributed by atoms with Crippen LogP contribution in [-0.4, -0.2) is 32.7 Å². The normalized spacial score (nSPS) is 11.7. The van der Waals surface area contributed by atoms with Gasteiger partial charge in [0, 0.05) is 36.2 Å². The van der Waals surface area contributed by atoms with Crippen molar-refractivity contribution in [3.05, 3.63) is 62.6 Å². The van der Waals surface area contributed by atoms with E-state index in [1.807, 2.05) is 0 Å². The molecule has 0 bridgehead atoms. The van der Waals surface area contributed by atoms with E-state index in [1.54, 1.807) is 38.1 Å². The third-order valence-corrected chi connectivity index (χ3v) is 6.62. The molecule has 8 heteroatoms. The molecule has 1 N–H and O–H groups in total. The number of benzene rings is 2. The number of rotatable bonds is 5. The third-order valence-electron chi connectivity index (χ3n) is 4.10. The first-order chi connectivity index (χ1) is 12.0. The van der Waals surface area contributed by atoms with Gasteiger partial charge >= 0.3 is 0 Å². The molecule has 0 saturated carbocycles. The number of nitrogens with zero attached hydrogens (tertiary/aromatic N) is 1. The Labute approximate surface area is 164 Å². The van der Waals surface area contributed by atoms with Gasteiger partial charge in [0.25, 0.3) is 5.91 Å². The van der Waals surface area contributed by atoms with Crippen molar-refractivity contribution in [2.45, 2.75) is 25.3 Å². The number of hydrogen-bond donors (Lipinski definition) is 1. The molecular weight excluding hydrogens is 395 g/mol. The van der Waals surface area contributed by atoms with Crippen molar-refractivity contribution in [1.82, 2.24) is 9.62 Å². The van der Waals surface area contributed by atoms with Crippen LogP contribution in [0.3, 0.4) is 0 Å². The highest BCUT2D eigenvalue weighted by atomic mass is 35.5. The van der Waals surface area contributed by atoms with Crippen LogP contribution in [0.25, 0.3) is 0 Å². The van der Waals surface area contributed by atoms with Crippen LogP contribution < -0.4 is 5.32 Å². The number of sulfonamides is 1. The monoisotopic (exact) mass is 414 g/mol. The molecule has 0 heterocycles. The fraction of sp³-hybridized carbons (Fsp3) is 0.278. The quantitative estimate of drug-likeness (QED) is 0.808. The Morgan fingerprint density at radius 3 is 2.35 bits per heavy atom. The highest BCUT2D eigenvalue weighted by Gasteiger charge is 2.23. The van der Waals surface area contributed by atoms with Crippen LogP contribution in [0.1, 0.15) is 27.0 Å². The maximum Gasteiger partial charge on any atom is 0.251 e. The zero-order valence-corrected chi connectivity index (χ0v) is 17.3. The summed E-state index contributed by atoms with van der Waals surface area (Å²) in [4.78, 5) is 12.6. The third kappa shape index (κ3) is 4.38. The van der Waals surface area contributed by atoms with Crippen LogP contribution in [0.2, 0.25) is 10.0 Å². The summed E-state index contributed by atoms with van der Waals surface area (Å²) in [5.41, 5.74) is 2.34. The van der Waals surface area contributed by atoms with E-state index in [4.69, 9.17) is 23.2 Å². The van der Waals surface area contributed by atoms with E-state index < -0.39 is 10.0 Å². The molecule has 0 radical (unpaired) electrons. The van der Waals surface area contributed by atoms with Crippen molar-refractivity contribution < 1.29 is 13.2 Å². The number of carbonyl (C=O) groups excluding carboxylic acids is 1. The Kier molecular flexibility index (Phi) is 6.34. The number of carbonyl (C=O) groups is 1. The molecule has 0 atom stereocenters. The molecule has 0 aliphatic heterocycles. The van der Waals surface area contributed by atoms with Gasteiger partial charge in [-0.3, -0.25) is 4.79 Å². The maximum absolute atomic E-state index is 12.5. The summed E-state index contributed by atoms with van der Waals surface area (Å²) in [5.74, 6) is -0.380. The van der Waals surface area contributed by atoms with Gasteiger partial charge in [-0.25, -0.2) is 12.7 Å². The van der Waals surface area contributed by atoms with E-state index in [0.717, 1.165) is 15.4 Å². The summed E-state index contributed by atoms with van der Waals surface area (Å²) >= 11 is 12.0. The van der Waals surface area contributed by atoms with Crippen LogP contribution in [0.15, 0.2) is 35.2 Å². The van der Waals surface area contributed by atoms with E-state index in [9.17, 15) is 13.2 Å². The highest BCUT2D eigenvalue weighted by molar-refractivity contribution is 7.89. The molecule has 2 aromatic rings. The largest absolute Gasteiger partial charge is 0.348 e. The lowest BCUT2D eigenvalue weighted by atomic mass is 10.1. The van der Waals surface area contributed by atoms with Gasteiger partial charge < -0.3 is 5.32 Å². The molecule has 26 heavy (non-hydrogen) atoms. The minimum absolute atomic E-state index is 0.122. The number of aryl methyl sites for hydroxylation is 1. The Morgan fingerprint density at radius 2 is 1.77 bits per heavy atom. The van der Waals surface area contributed by atoms with Gasteiger partial charge in [-0.05, 0) is 54.8 Å². The molecule has 2 aromatic carbocycles.